The van der Waals surface area contributed by atoms with Gasteiger partial charge >= 0.3 is 0 Å². The van der Waals surface area contributed by atoms with Gasteiger partial charge < -0.3 is 4.90 Å². The van der Waals surface area contributed by atoms with Gasteiger partial charge in [-0.05, 0) is 30.5 Å². The summed E-state index contributed by atoms with van der Waals surface area (Å²) >= 11 is 3.58. The summed E-state index contributed by atoms with van der Waals surface area (Å²) in [5.74, 6) is 0.259. The van der Waals surface area contributed by atoms with E-state index < -0.39 is 0 Å². The fourth-order valence-corrected chi connectivity index (χ4v) is 3.47. The van der Waals surface area contributed by atoms with Crippen molar-refractivity contribution in [2.75, 3.05) is 12.8 Å². The zero-order valence-corrected chi connectivity index (χ0v) is 13.4. The second-order valence-electron chi connectivity index (χ2n) is 4.91. The predicted octanol–water partition coefficient (Wildman–Crippen LogP) is 3.10. The number of nitrogens with one attached hydrogen (secondary N) is 1. The van der Waals surface area contributed by atoms with Gasteiger partial charge in [0.15, 0.2) is 0 Å². The van der Waals surface area contributed by atoms with Crippen molar-refractivity contribution in [3.05, 3.63) is 22.4 Å². The molecular formula is C14H22N2OS2. The van der Waals surface area contributed by atoms with Crippen LogP contribution in [0.4, 0.5) is 0 Å². The maximum Gasteiger partial charge on any atom is 0.241 e. The maximum absolute atomic E-state index is 12.4. The Balaban J connectivity index is 2.09. The van der Waals surface area contributed by atoms with Gasteiger partial charge in [0.2, 0.25) is 5.91 Å². The van der Waals surface area contributed by atoms with E-state index in [1.54, 1.807) is 11.3 Å². The first-order valence-corrected chi connectivity index (χ1v) is 8.96. The first-order chi connectivity index (χ1) is 9.17. The van der Waals surface area contributed by atoms with Crippen molar-refractivity contribution in [2.24, 2.45) is 0 Å². The summed E-state index contributed by atoms with van der Waals surface area (Å²) in [5.41, 5.74) is 0. The molecule has 1 saturated heterocycles. The fraction of sp³-hybridized carbons (Fsp3) is 0.643. The Labute approximate surface area is 123 Å². The standard InChI is InChI=1S/C14H22N2OS2/c1-4-11-14(17)16(8-7-10(2)18-3)13(15-11)12-6-5-9-19-12/h5-6,9-11,13,15H,4,7-8H2,1-3H3. The molecule has 1 N–H and O–H groups in total. The molecule has 0 radical (unpaired) electrons. The Morgan fingerprint density at radius 3 is 2.95 bits per heavy atom. The summed E-state index contributed by atoms with van der Waals surface area (Å²) in [4.78, 5) is 15.7. The van der Waals surface area contributed by atoms with Crippen LogP contribution >= 0.6 is 23.1 Å². The Hall–Kier alpha value is -0.520. The van der Waals surface area contributed by atoms with Crippen molar-refractivity contribution >= 4 is 29.0 Å². The molecule has 0 saturated carbocycles. The molecule has 0 bridgehead atoms. The quantitative estimate of drug-likeness (QED) is 0.876. The first kappa shape index (κ1) is 14.9. The fourth-order valence-electron chi connectivity index (χ4n) is 2.33. The van der Waals surface area contributed by atoms with Gasteiger partial charge in [-0.25, -0.2) is 0 Å². The van der Waals surface area contributed by atoms with E-state index in [0.717, 1.165) is 19.4 Å². The molecule has 0 aromatic carbocycles. The lowest BCUT2D eigenvalue weighted by Crippen LogP contribution is -2.32. The molecule has 1 fully saturated rings. The van der Waals surface area contributed by atoms with Crippen LogP contribution in [0, 0.1) is 0 Å². The number of amides is 1. The van der Waals surface area contributed by atoms with Crippen LogP contribution in [0.15, 0.2) is 17.5 Å². The third-order valence-electron chi connectivity index (χ3n) is 3.65. The number of hydrogen-bond acceptors (Lipinski definition) is 4. The number of rotatable bonds is 6. The molecule has 1 aliphatic heterocycles. The van der Waals surface area contributed by atoms with Crippen molar-refractivity contribution in [1.29, 1.82) is 0 Å². The summed E-state index contributed by atoms with van der Waals surface area (Å²) in [7, 11) is 0. The number of nitrogens with zero attached hydrogens (tertiary/aromatic N) is 1. The van der Waals surface area contributed by atoms with Crippen LogP contribution in [0.1, 0.15) is 37.7 Å². The Bertz CT molecular complexity index is 408. The average molecular weight is 298 g/mol. The van der Waals surface area contributed by atoms with E-state index in [2.05, 4.69) is 36.9 Å². The minimum Gasteiger partial charge on any atom is -0.321 e. The lowest BCUT2D eigenvalue weighted by atomic mass is 10.2. The van der Waals surface area contributed by atoms with Crippen LogP contribution in [0.2, 0.25) is 0 Å². The van der Waals surface area contributed by atoms with Gasteiger partial charge in [0, 0.05) is 16.7 Å². The molecule has 0 aliphatic carbocycles. The number of carbonyl (C=O) groups is 1. The smallest absolute Gasteiger partial charge is 0.241 e. The van der Waals surface area contributed by atoms with E-state index >= 15 is 0 Å². The highest BCUT2D eigenvalue weighted by Gasteiger charge is 2.38. The number of thiophene rings is 1. The summed E-state index contributed by atoms with van der Waals surface area (Å²) in [5, 5.41) is 6.13. The van der Waals surface area contributed by atoms with Gasteiger partial charge in [-0.15, -0.1) is 11.3 Å². The van der Waals surface area contributed by atoms with Gasteiger partial charge in [0.1, 0.15) is 6.17 Å². The van der Waals surface area contributed by atoms with Crippen LogP contribution in [-0.4, -0.2) is 34.9 Å². The molecule has 106 valence electrons. The highest BCUT2D eigenvalue weighted by molar-refractivity contribution is 7.99. The first-order valence-electron chi connectivity index (χ1n) is 6.80. The van der Waals surface area contributed by atoms with Gasteiger partial charge in [-0.1, -0.05) is 19.9 Å². The number of hydrogen-bond donors (Lipinski definition) is 1. The summed E-state index contributed by atoms with van der Waals surface area (Å²) in [6.07, 6.45) is 4.11. The van der Waals surface area contributed by atoms with Crippen molar-refractivity contribution in [3.8, 4) is 0 Å². The third kappa shape index (κ3) is 3.33. The Morgan fingerprint density at radius 1 is 1.58 bits per heavy atom. The van der Waals surface area contributed by atoms with Crippen LogP contribution in [0.5, 0.6) is 0 Å². The lowest BCUT2D eigenvalue weighted by molar-refractivity contribution is -0.130. The SMILES string of the molecule is CCC1NC(c2cccs2)N(CCC(C)SC)C1=O. The molecule has 1 aliphatic rings. The zero-order valence-electron chi connectivity index (χ0n) is 11.8. The minimum atomic E-state index is -0.0170. The van der Waals surface area contributed by atoms with E-state index in [4.69, 9.17) is 0 Å². The summed E-state index contributed by atoms with van der Waals surface area (Å²) < 4.78 is 0. The van der Waals surface area contributed by atoms with E-state index in [-0.39, 0.29) is 18.1 Å². The van der Waals surface area contributed by atoms with Crippen molar-refractivity contribution in [3.63, 3.8) is 0 Å². The van der Waals surface area contributed by atoms with Crippen LogP contribution in [-0.2, 0) is 4.79 Å². The molecule has 0 spiro atoms. The Morgan fingerprint density at radius 2 is 2.37 bits per heavy atom. The predicted molar refractivity (Wildman–Crippen MR) is 83.6 cm³/mol. The third-order valence-corrected chi connectivity index (χ3v) is 5.62. The maximum atomic E-state index is 12.4. The molecule has 2 heterocycles. The molecule has 3 nitrogen and oxygen atoms in total. The minimum absolute atomic E-state index is 0.0170. The van der Waals surface area contributed by atoms with Gasteiger partial charge in [-0.3, -0.25) is 10.1 Å². The molecule has 1 amide bonds. The van der Waals surface area contributed by atoms with E-state index in [1.807, 2.05) is 22.7 Å². The topological polar surface area (TPSA) is 32.3 Å². The lowest BCUT2D eigenvalue weighted by Gasteiger charge is -2.24. The molecule has 3 unspecified atom stereocenters. The molecule has 5 heteroatoms. The van der Waals surface area contributed by atoms with Gasteiger partial charge in [-0.2, -0.15) is 11.8 Å². The normalized spacial score (nSPS) is 25.0. The Kier molecular flexibility index (Phi) is 5.30. The van der Waals surface area contributed by atoms with Crippen molar-refractivity contribution in [2.45, 2.75) is 44.1 Å². The second kappa shape index (κ2) is 6.77. The monoisotopic (exact) mass is 298 g/mol. The zero-order chi connectivity index (χ0) is 13.8. The second-order valence-corrected chi connectivity index (χ2v) is 7.17. The molecule has 2 rings (SSSR count). The van der Waals surface area contributed by atoms with E-state index in [0.29, 0.717) is 5.25 Å². The molecule has 3 atom stereocenters. The van der Waals surface area contributed by atoms with Crippen LogP contribution in [0.25, 0.3) is 0 Å². The van der Waals surface area contributed by atoms with Gasteiger partial charge in [0.05, 0.1) is 6.04 Å². The highest BCUT2D eigenvalue weighted by Crippen LogP contribution is 2.30. The van der Waals surface area contributed by atoms with Crippen LogP contribution < -0.4 is 5.32 Å². The highest BCUT2D eigenvalue weighted by atomic mass is 32.2. The molecule has 19 heavy (non-hydrogen) atoms. The number of carbonyl (C=O) groups excluding carboxylic acids is 1. The van der Waals surface area contributed by atoms with Crippen molar-refractivity contribution in [1.82, 2.24) is 10.2 Å². The summed E-state index contributed by atoms with van der Waals surface area (Å²) in [6.45, 7) is 5.12. The average Bonchev–Trinajstić information content (AvgIpc) is 3.04. The van der Waals surface area contributed by atoms with E-state index in [1.165, 1.54) is 4.88 Å². The van der Waals surface area contributed by atoms with Crippen molar-refractivity contribution < 1.29 is 4.79 Å². The van der Waals surface area contributed by atoms with E-state index in [9.17, 15) is 4.79 Å². The van der Waals surface area contributed by atoms with Crippen LogP contribution in [0.3, 0.4) is 0 Å². The molecule has 1 aromatic rings. The molecule has 1 aromatic heterocycles. The largest absolute Gasteiger partial charge is 0.321 e. The summed E-state index contributed by atoms with van der Waals surface area (Å²) in [6, 6.07) is 4.14. The number of thioether (sulfide) groups is 1. The molecular weight excluding hydrogens is 276 g/mol. The van der Waals surface area contributed by atoms with Gasteiger partial charge in [0.25, 0.3) is 0 Å².